The third kappa shape index (κ3) is 4.39. The van der Waals surface area contributed by atoms with Gasteiger partial charge in [-0.25, -0.2) is 0 Å². The van der Waals surface area contributed by atoms with Crippen molar-refractivity contribution in [3.8, 4) is 0 Å². The molecule has 0 bridgehead atoms. The monoisotopic (exact) mass is 583 g/mol. The summed E-state index contributed by atoms with van der Waals surface area (Å²) in [5, 5.41) is 21.2. The highest BCUT2D eigenvalue weighted by atomic mass is 35.5. The number of thioether (sulfide) groups is 1. The lowest BCUT2D eigenvalue weighted by Crippen LogP contribution is -2.30. The number of para-hydroxylation sites is 1. The Balaban J connectivity index is 1.32. The largest absolute Gasteiger partial charge is 0.503 e. The van der Waals surface area contributed by atoms with Crippen LogP contribution in [-0.4, -0.2) is 27.0 Å². The van der Waals surface area contributed by atoms with Gasteiger partial charge >= 0.3 is 0 Å². The molecule has 0 radical (unpaired) electrons. The van der Waals surface area contributed by atoms with E-state index in [0.717, 1.165) is 22.3 Å². The van der Waals surface area contributed by atoms with Gasteiger partial charge in [-0.3, -0.25) is 14.5 Å². The number of nitrogens with zero attached hydrogens (tertiary/aromatic N) is 3. The Morgan fingerprint density at radius 3 is 2.71 bits per heavy atom. The molecule has 0 saturated carbocycles. The minimum absolute atomic E-state index is 0.00712. The minimum atomic E-state index is -1.06. The van der Waals surface area contributed by atoms with Crippen LogP contribution in [0.2, 0.25) is 10.0 Å². The summed E-state index contributed by atoms with van der Waals surface area (Å²) in [4.78, 5) is 28.1. The number of fused-ring (bicyclic) bond motifs is 1. The molecule has 5 aromatic rings. The quantitative estimate of drug-likeness (QED) is 0.121. The van der Waals surface area contributed by atoms with Crippen molar-refractivity contribution in [3.05, 3.63) is 105 Å². The molecule has 38 heavy (non-hydrogen) atoms. The number of ketones is 1. The second-order valence-corrected chi connectivity index (χ2v) is 11.2. The number of furan rings is 2. The number of hydrogen-bond donors (Lipinski definition) is 1. The number of rotatable bonds is 7. The standard InChI is InChI=1S/C26H15Cl2N3O5S2/c27-15-8-7-14(16(28)11-15)12-37-26-30-29-25(38-26)31-21(18-6-3-9-35-18)20(23(33)24(31)34)22(32)19-10-13-4-1-2-5-17(13)36-19/h1-11,21,33H,12H2. The van der Waals surface area contributed by atoms with E-state index in [4.69, 9.17) is 32.0 Å². The third-order valence-corrected chi connectivity index (χ3v) is 8.57. The van der Waals surface area contributed by atoms with Gasteiger partial charge in [-0.1, -0.05) is 70.6 Å². The number of hydrogen-bond acceptors (Lipinski definition) is 9. The maximum atomic E-state index is 13.6. The van der Waals surface area contributed by atoms with Crippen molar-refractivity contribution < 1.29 is 23.5 Å². The molecule has 0 saturated heterocycles. The van der Waals surface area contributed by atoms with Crippen molar-refractivity contribution in [2.24, 2.45) is 0 Å². The lowest BCUT2D eigenvalue weighted by molar-refractivity contribution is -0.117. The Kier molecular flexibility index (Phi) is 6.48. The Labute approximate surface area is 233 Å². The summed E-state index contributed by atoms with van der Waals surface area (Å²) >= 11 is 14.8. The van der Waals surface area contributed by atoms with Crippen molar-refractivity contribution in [1.29, 1.82) is 0 Å². The number of amides is 1. The maximum absolute atomic E-state index is 13.6. The topological polar surface area (TPSA) is 110 Å². The number of benzene rings is 2. The second kappa shape index (κ2) is 9.95. The van der Waals surface area contributed by atoms with E-state index in [-0.39, 0.29) is 22.2 Å². The number of aromatic nitrogens is 2. The molecule has 0 fully saturated rings. The molecule has 0 aliphatic carbocycles. The number of aliphatic hydroxyl groups excluding tert-OH is 1. The maximum Gasteiger partial charge on any atom is 0.296 e. The number of carbonyl (C=O) groups is 2. The molecule has 6 rings (SSSR count). The van der Waals surface area contributed by atoms with Gasteiger partial charge in [0.05, 0.1) is 11.8 Å². The van der Waals surface area contributed by atoms with E-state index in [2.05, 4.69) is 10.2 Å². The van der Waals surface area contributed by atoms with Gasteiger partial charge in [0.1, 0.15) is 17.4 Å². The molecular weight excluding hydrogens is 569 g/mol. The number of anilines is 1. The molecule has 1 aliphatic rings. The lowest BCUT2D eigenvalue weighted by atomic mass is 10.00. The van der Waals surface area contributed by atoms with Gasteiger partial charge in [0.2, 0.25) is 10.9 Å². The SMILES string of the molecule is O=C(C1=C(O)C(=O)N(c2nnc(SCc3ccc(Cl)cc3Cl)s2)C1c1ccco1)c1cc2ccccc2o1. The molecule has 2 aromatic carbocycles. The molecule has 1 unspecified atom stereocenters. The summed E-state index contributed by atoms with van der Waals surface area (Å²) in [5.41, 5.74) is 1.21. The zero-order valence-corrected chi connectivity index (χ0v) is 22.3. The predicted molar refractivity (Wildman–Crippen MR) is 145 cm³/mol. The van der Waals surface area contributed by atoms with Crippen LogP contribution in [0.4, 0.5) is 5.13 Å². The van der Waals surface area contributed by atoms with Gasteiger partial charge in [-0.2, -0.15) is 0 Å². The summed E-state index contributed by atoms with van der Waals surface area (Å²) < 4.78 is 11.9. The van der Waals surface area contributed by atoms with Crippen LogP contribution in [-0.2, 0) is 10.5 Å². The van der Waals surface area contributed by atoms with E-state index in [1.807, 2.05) is 12.1 Å². The molecular formula is C26H15Cl2N3O5S2. The summed E-state index contributed by atoms with van der Waals surface area (Å²) in [6, 6.07) is 16.2. The van der Waals surface area contributed by atoms with Gasteiger partial charge in [0, 0.05) is 21.2 Å². The second-order valence-electron chi connectivity index (χ2n) is 8.21. The molecule has 12 heteroatoms. The number of aliphatic hydroxyl groups is 1. The summed E-state index contributed by atoms with van der Waals surface area (Å²) in [5.74, 6) is -1.35. The molecule has 3 aromatic heterocycles. The average Bonchev–Trinajstić information content (AvgIpc) is 3.70. The van der Waals surface area contributed by atoms with Crippen molar-refractivity contribution in [2.75, 3.05) is 4.90 Å². The van der Waals surface area contributed by atoms with Crippen LogP contribution in [0.5, 0.6) is 0 Å². The Bertz CT molecular complexity index is 1690. The molecule has 8 nitrogen and oxygen atoms in total. The summed E-state index contributed by atoms with van der Waals surface area (Å²) in [7, 11) is 0. The predicted octanol–water partition coefficient (Wildman–Crippen LogP) is 7.26. The fourth-order valence-corrected chi connectivity index (χ4v) is 6.54. The smallest absolute Gasteiger partial charge is 0.296 e. The van der Waals surface area contributed by atoms with Crippen molar-refractivity contribution in [1.82, 2.24) is 10.2 Å². The van der Waals surface area contributed by atoms with Gasteiger partial charge in [0.25, 0.3) is 5.91 Å². The summed E-state index contributed by atoms with van der Waals surface area (Å²) in [6.07, 6.45) is 1.42. The lowest BCUT2D eigenvalue weighted by Gasteiger charge is -2.21. The van der Waals surface area contributed by atoms with Crippen molar-refractivity contribution in [3.63, 3.8) is 0 Å². The highest BCUT2D eigenvalue weighted by Gasteiger charge is 2.48. The van der Waals surface area contributed by atoms with Gasteiger partial charge in [-0.05, 0) is 42.0 Å². The normalized spacial score (nSPS) is 15.7. The van der Waals surface area contributed by atoms with Crippen LogP contribution in [0.1, 0.15) is 27.9 Å². The van der Waals surface area contributed by atoms with Gasteiger partial charge in [-0.15, -0.1) is 10.2 Å². The first-order valence-corrected chi connectivity index (χ1v) is 13.7. The fraction of sp³-hybridized carbons (Fsp3) is 0.0769. The van der Waals surface area contributed by atoms with Gasteiger partial charge in [0.15, 0.2) is 15.9 Å². The fourth-order valence-electron chi connectivity index (χ4n) is 4.11. The number of carbonyl (C=O) groups excluding carboxylic acids is 2. The first-order valence-electron chi connectivity index (χ1n) is 11.1. The molecule has 1 amide bonds. The molecule has 1 atom stereocenters. The van der Waals surface area contributed by atoms with Crippen LogP contribution in [0.3, 0.4) is 0 Å². The zero-order valence-electron chi connectivity index (χ0n) is 19.1. The van der Waals surface area contributed by atoms with Crippen molar-refractivity contribution in [2.45, 2.75) is 16.1 Å². The first kappa shape index (κ1) is 24.7. The Morgan fingerprint density at radius 1 is 1.11 bits per heavy atom. The number of halogens is 2. The zero-order chi connectivity index (χ0) is 26.4. The Hall–Kier alpha value is -3.57. The average molecular weight is 584 g/mol. The van der Waals surface area contributed by atoms with E-state index in [9.17, 15) is 14.7 Å². The Morgan fingerprint density at radius 2 is 1.95 bits per heavy atom. The van der Waals surface area contributed by atoms with Crippen LogP contribution < -0.4 is 4.90 Å². The first-order chi connectivity index (χ1) is 18.4. The van der Waals surface area contributed by atoms with E-state index < -0.39 is 23.5 Å². The third-order valence-electron chi connectivity index (χ3n) is 5.88. The van der Waals surface area contributed by atoms with Gasteiger partial charge < -0.3 is 13.9 Å². The van der Waals surface area contributed by atoms with Crippen LogP contribution in [0.25, 0.3) is 11.0 Å². The summed E-state index contributed by atoms with van der Waals surface area (Å²) in [6.45, 7) is 0. The highest BCUT2D eigenvalue weighted by Crippen LogP contribution is 2.44. The van der Waals surface area contributed by atoms with E-state index >= 15 is 0 Å². The van der Waals surface area contributed by atoms with E-state index in [1.54, 1.807) is 48.5 Å². The minimum Gasteiger partial charge on any atom is -0.503 e. The van der Waals surface area contributed by atoms with Crippen LogP contribution in [0, 0.1) is 0 Å². The molecule has 1 N–H and O–H groups in total. The molecule has 190 valence electrons. The van der Waals surface area contributed by atoms with Crippen LogP contribution >= 0.6 is 46.3 Å². The van der Waals surface area contributed by atoms with Crippen LogP contribution in [0.15, 0.2) is 91.4 Å². The van der Waals surface area contributed by atoms with E-state index in [0.29, 0.717) is 25.7 Å². The highest BCUT2D eigenvalue weighted by molar-refractivity contribution is 8.00. The number of Topliss-reactive ketones (excluding diaryl/α,β-unsaturated/α-hetero) is 1. The molecule has 0 spiro atoms. The molecule has 1 aliphatic heterocycles. The van der Waals surface area contributed by atoms with Crippen molar-refractivity contribution >= 4 is 74.1 Å². The van der Waals surface area contributed by atoms with E-state index in [1.165, 1.54) is 22.9 Å². The molecule has 4 heterocycles.